The number of carbonyl (C=O) groups excluding carboxylic acids is 1. The van der Waals surface area contributed by atoms with Crippen LogP contribution in [0.5, 0.6) is 0 Å². The molecule has 0 aliphatic heterocycles. The van der Waals surface area contributed by atoms with Gasteiger partial charge in [-0.1, -0.05) is 32.9 Å². The average Bonchev–Trinajstić information content (AvgIpc) is 3.31. The summed E-state index contributed by atoms with van der Waals surface area (Å²) in [7, 11) is 3.31. The number of benzene rings is 1. The molecule has 0 saturated heterocycles. The number of anilines is 3. The molecule has 3 N–H and O–H groups in total. The van der Waals surface area contributed by atoms with Gasteiger partial charge in [-0.05, 0) is 35.7 Å². The lowest BCUT2D eigenvalue weighted by molar-refractivity contribution is 0.261. The molecule has 11 heteroatoms. The molecule has 2 amide bonds. The maximum Gasteiger partial charge on any atom is 0.325 e. The van der Waals surface area contributed by atoms with E-state index in [0.717, 1.165) is 0 Å². The second-order valence-corrected chi connectivity index (χ2v) is 9.39. The molecule has 1 aromatic carbocycles. The zero-order valence-corrected chi connectivity index (χ0v) is 21.0. The first-order valence-electron chi connectivity index (χ1n) is 11.4. The number of urea groups is 1. The van der Waals surface area contributed by atoms with E-state index in [1.165, 1.54) is 16.7 Å². The van der Waals surface area contributed by atoms with Crippen molar-refractivity contribution >= 4 is 34.5 Å². The number of nitrogens with one attached hydrogen (secondary N) is 3. The SMILES string of the molecule is CCc1cc(F)c(NC(=O)Nc2cc(C(C)(C)C)on2)cc1-c1cc2cnc(NC)nc2n(C)c1=O. The van der Waals surface area contributed by atoms with Crippen LogP contribution in [0.2, 0.25) is 0 Å². The first-order valence-corrected chi connectivity index (χ1v) is 11.4. The molecule has 3 heterocycles. The van der Waals surface area contributed by atoms with Crippen molar-refractivity contribution in [3.05, 3.63) is 58.0 Å². The Balaban J connectivity index is 1.71. The lowest BCUT2D eigenvalue weighted by atomic mass is 9.93. The molecule has 188 valence electrons. The number of aromatic nitrogens is 4. The van der Waals surface area contributed by atoms with Gasteiger partial charge in [0.25, 0.3) is 5.56 Å². The fourth-order valence-electron chi connectivity index (χ4n) is 3.77. The van der Waals surface area contributed by atoms with Crippen LogP contribution in [0.4, 0.5) is 26.6 Å². The molecular formula is C25H28FN7O3. The number of nitrogens with zero attached hydrogens (tertiary/aromatic N) is 4. The van der Waals surface area contributed by atoms with Crippen LogP contribution >= 0.6 is 0 Å². The van der Waals surface area contributed by atoms with Crippen LogP contribution in [0.25, 0.3) is 22.2 Å². The Morgan fingerprint density at radius 2 is 1.89 bits per heavy atom. The van der Waals surface area contributed by atoms with E-state index < -0.39 is 11.8 Å². The van der Waals surface area contributed by atoms with Gasteiger partial charge in [0.1, 0.15) is 17.2 Å². The van der Waals surface area contributed by atoms with Gasteiger partial charge in [0.15, 0.2) is 5.82 Å². The molecule has 4 aromatic rings. The Hall–Kier alpha value is -4.28. The highest BCUT2D eigenvalue weighted by atomic mass is 19.1. The number of pyridine rings is 1. The van der Waals surface area contributed by atoms with E-state index in [-0.39, 0.29) is 22.5 Å². The van der Waals surface area contributed by atoms with E-state index >= 15 is 0 Å². The van der Waals surface area contributed by atoms with Gasteiger partial charge in [0.05, 0.1) is 5.69 Å². The number of carbonyl (C=O) groups is 1. The standard InChI is InChI=1S/C25H28FN7O3/c1-7-13-9-17(26)18(29-24(35)30-20-11-19(36-32-20)25(2,3)4)10-15(13)16-8-14-12-28-23(27-5)31-21(14)33(6)22(16)34/h8-12H,7H2,1-6H3,(H,27,28,31)(H2,29,30,32,35). The fourth-order valence-corrected chi connectivity index (χ4v) is 3.77. The van der Waals surface area contributed by atoms with Crippen LogP contribution in [-0.2, 0) is 18.9 Å². The van der Waals surface area contributed by atoms with Crippen molar-refractivity contribution in [3.8, 4) is 11.1 Å². The summed E-state index contributed by atoms with van der Waals surface area (Å²) in [6, 6.07) is 5.38. The molecule has 0 atom stereocenters. The zero-order chi connectivity index (χ0) is 26.2. The summed E-state index contributed by atoms with van der Waals surface area (Å²) < 4.78 is 21.6. The van der Waals surface area contributed by atoms with E-state index in [2.05, 4.69) is 31.1 Å². The van der Waals surface area contributed by atoms with Gasteiger partial charge < -0.3 is 15.2 Å². The Labute approximate surface area is 206 Å². The van der Waals surface area contributed by atoms with Crippen LogP contribution in [0.15, 0.2) is 39.8 Å². The summed E-state index contributed by atoms with van der Waals surface area (Å²) in [6.07, 6.45) is 2.09. The summed E-state index contributed by atoms with van der Waals surface area (Å²) >= 11 is 0. The van der Waals surface area contributed by atoms with Crippen LogP contribution in [0.3, 0.4) is 0 Å². The van der Waals surface area contributed by atoms with Gasteiger partial charge >= 0.3 is 6.03 Å². The van der Waals surface area contributed by atoms with Gasteiger partial charge in [-0.15, -0.1) is 0 Å². The maximum atomic E-state index is 14.9. The van der Waals surface area contributed by atoms with Crippen LogP contribution < -0.4 is 21.5 Å². The Kier molecular flexibility index (Phi) is 6.49. The second kappa shape index (κ2) is 9.40. The Morgan fingerprint density at radius 3 is 2.53 bits per heavy atom. The van der Waals surface area contributed by atoms with Crippen molar-refractivity contribution in [1.29, 1.82) is 0 Å². The minimum atomic E-state index is -0.697. The molecule has 0 bridgehead atoms. The largest absolute Gasteiger partial charge is 0.359 e. The summed E-state index contributed by atoms with van der Waals surface area (Å²) in [4.78, 5) is 34.4. The number of halogens is 1. The first-order chi connectivity index (χ1) is 17.0. The normalized spacial score (nSPS) is 11.5. The highest BCUT2D eigenvalue weighted by molar-refractivity contribution is 5.99. The van der Waals surface area contributed by atoms with E-state index in [0.29, 0.717) is 45.9 Å². The van der Waals surface area contributed by atoms with Crippen molar-refractivity contribution in [3.63, 3.8) is 0 Å². The van der Waals surface area contributed by atoms with Crippen LogP contribution in [-0.4, -0.2) is 32.8 Å². The predicted molar refractivity (Wildman–Crippen MR) is 137 cm³/mol. The molecule has 0 radical (unpaired) electrons. The van der Waals surface area contributed by atoms with E-state index in [1.807, 2.05) is 27.7 Å². The quantitative estimate of drug-likeness (QED) is 0.369. The van der Waals surface area contributed by atoms with E-state index in [4.69, 9.17) is 4.52 Å². The van der Waals surface area contributed by atoms with Crippen molar-refractivity contribution in [2.24, 2.45) is 7.05 Å². The van der Waals surface area contributed by atoms with Gasteiger partial charge in [-0.2, -0.15) is 4.98 Å². The summed E-state index contributed by atoms with van der Waals surface area (Å²) in [5.41, 5.74) is 1.26. The molecule has 0 aliphatic rings. The third kappa shape index (κ3) is 4.77. The summed E-state index contributed by atoms with van der Waals surface area (Å²) in [6.45, 7) is 7.72. The summed E-state index contributed by atoms with van der Waals surface area (Å²) in [5, 5.41) is 12.4. The second-order valence-electron chi connectivity index (χ2n) is 9.39. The smallest absolute Gasteiger partial charge is 0.325 e. The fraction of sp³-hybridized carbons (Fsp3) is 0.320. The lowest BCUT2D eigenvalue weighted by Gasteiger charge is -2.15. The number of amides is 2. The molecule has 0 saturated carbocycles. The van der Waals surface area contributed by atoms with Crippen molar-refractivity contribution in [1.82, 2.24) is 19.7 Å². The van der Waals surface area contributed by atoms with E-state index in [9.17, 15) is 14.0 Å². The van der Waals surface area contributed by atoms with Crippen LogP contribution in [0, 0.1) is 5.82 Å². The number of fused-ring (bicyclic) bond motifs is 1. The number of hydrogen-bond acceptors (Lipinski definition) is 7. The topological polar surface area (TPSA) is 127 Å². The third-order valence-corrected chi connectivity index (χ3v) is 5.78. The van der Waals surface area contributed by atoms with Crippen molar-refractivity contribution < 1.29 is 13.7 Å². The minimum absolute atomic E-state index is 0.0804. The van der Waals surface area contributed by atoms with Crippen LogP contribution in [0.1, 0.15) is 39.0 Å². The Morgan fingerprint density at radius 1 is 1.14 bits per heavy atom. The number of rotatable bonds is 5. The Bertz CT molecular complexity index is 1520. The zero-order valence-electron chi connectivity index (χ0n) is 21.0. The third-order valence-electron chi connectivity index (χ3n) is 5.78. The van der Waals surface area contributed by atoms with Gasteiger partial charge in [0.2, 0.25) is 5.95 Å². The molecule has 3 aromatic heterocycles. The van der Waals surface area contributed by atoms with Crippen molar-refractivity contribution in [2.75, 3.05) is 23.0 Å². The van der Waals surface area contributed by atoms with Crippen molar-refractivity contribution in [2.45, 2.75) is 39.5 Å². The molecule has 36 heavy (non-hydrogen) atoms. The monoisotopic (exact) mass is 493 g/mol. The average molecular weight is 494 g/mol. The molecule has 0 fully saturated rings. The molecule has 0 aliphatic carbocycles. The van der Waals surface area contributed by atoms with Gasteiger partial charge in [-0.3, -0.25) is 14.7 Å². The molecule has 10 nitrogen and oxygen atoms in total. The highest BCUT2D eigenvalue weighted by Gasteiger charge is 2.21. The van der Waals surface area contributed by atoms with Gasteiger partial charge in [0, 0.05) is 42.7 Å². The first kappa shape index (κ1) is 24.8. The summed E-state index contributed by atoms with van der Waals surface area (Å²) in [5.74, 6) is 0.561. The molecular weight excluding hydrogens is 465 g/mol. The number of aryl methyl sites for hydroxylation is 2. The maximum absolute atomic E-state index is 14.9. The number of hydrogen-bond donors (Lipinski definition) is 3. The lowest BCUT2D eigenvalue weighted by Crippen LogP contribution is -2.22. The highest BCUT2D eigenvalue weighted by Crippen LogP contribution is 2.30. The molecule has 0 unspecified atom stereocenters. The van der Waals surface area contributed by atoms with E-state index in [1.54, 1.807) is 32.4 Å². The molecule has 4 rings (SSSR count). The minimum Gasteiger partial charge on any atom is -0.359 e. The van der Waals surface area contributed by atoms with Gasteiger partial charge in [-0.25, -0.2) is 14.2 Å². The molecule has 0 spiro atoms. The predicted octanol–water partition coefficient (Wildman–Crippen LogP) is 4.67.